The number of nitrogens with one attached hydrogen (secondary N) is 1. The van der Waals surface area contributed by atoms with E-state index in [1.165, 1.54) is 4.68 Å². The molecule has 1 fully saturated rings. The van der Waals surface area contributed by atoms with Crippen LogP contribution in [0.5, 0.6) is 0 Å². The molecule has 1 aliphatic rings. The molecule has 2 aromatic rings. The molecule has 1 aromatic heterocycles. The van der Waals surface area contributed by atoms with Gasteiger partial charge in [-0.15, -0.1) is 0 Å². The third-order valence-electron chi connectivity index (χ3n) is 4.21. The zero-order chi connectivity index (χ0) is 16.8. The maximum atomic E-state index is 12.7. The lowest BCUT2D eigenvalue weighted by atomic mass is 10.2. The summed E-state index contributed by atoms with van der Waals surface area (Å²) in [5.41, 5.74) is 1.44. The highest BCUT2D eigenvalue weighted by molar-refractivity contribution is 7.91. The third-order valence-corrected chi connectivity index (χ3v) is 5.92. The van der Waals surface area contributed by atoms with Gasteiger partial charge in [0.1, 0.15) is 5.69 Å². The van der Waals surface area contributed by atoms with Crippen molar-refractivity contribution in [2.45, 2.75) is 19.1 Å². The predicted octanol–water partition coefficient (Wildman–Crippen LogP) is 0.0542. The van der Waals surface area contributed by atoms with Crippen molar-refractivity contribution in [2.75, 3.05) is 16.8 Å². The maximum absolute atomic E-state index is 12.7. The van der Waals surface area contributed by atoms with Crippen LogP contribution in [0.15, 0.2) is 35.1 Å². The van der Waals surface area contributed by atoms with Gasteiger partial charge in [-0.25, -0.2) is 13.1 Å². The molecule has 0 aliphatic carbocycles. The molecule has 8 heteroatoms. The van der Waals surface area contributed by atoms with Gasteiger partial charge in [0.05, 0.1) is 35.0 Å². The number of benzene rings is 1. The molecule has 124 valence electrons. The lowest BCUT2D eigenvalue weighted by Crippen LogP contribution is -2.34. The van der Waals surface area contributed by atoms with Crippen molar-refractivity contribution in [3.05, 3.63) is 46.4 Å². The van der Waals surface area contributed by atoms with Gasteiger partial charge in [-0.2, -0.15) is 0 Å². The molecule has 1 aliphatic heterocycles. The molecule has 0 amide bonds. The van der Waals surface area contributed by atoms with Gasteiger partial charge in [0.25, 0.3) is 5.56 Å². The van der Waals surface area contributed by atoms with E-state index in [0.29, 0.717) is 11.4 Å². The molecule has 23 heavy (non-hydrogen) atoms. The first kappa shape index (κ1) is 15.8. The molecular weight excluding hydrogens is 318 g/mol. The van der Waals surface area contributed by atoms with E-state index in [9.17, 15) is 18.3 Å². The zero-order valence-corrected chi connectivity index (χ0v) is 13.7. The fraction of sp³-hybridized carbons (Fsp3) is 0.400. The fourth-order valence-corrected chi connectivity index (χ4v) is 4.63. The molecule has 0 radical (unpaired) electrons. The summed E-state index contributed by atoms with van der Waals surface area (Å²) < 4.78 is 26.4. The van der Waals surface area contributed by atoms with Gasteiger partial charge in [-0.3, -0.25) is 9.48 Å². The van der Waals surface area contributed by atoms with Crippen molar-refractivity contribution < 1.29 is 13.5 Å². The highest BCUT2D eigenvalue weighted by Gasteiger charge is 2.37. The Balaban J connectivity index is 2.01. The molecular formula is C15H19N3O4S. The van der Waals surface area contributed by atoms with Crippen molar-refractivity contribution in [3.63, 3.8) is 0 Å². The van der Waals surface area contributed by atoms with Gasteiger partial charge in [0.15, 0.2) is 9.84 Å². The van der Waals surface area contributed by atoms with E-state index in [0.717, 1.165) is 5.69 Å². The summed E-state index contributed by atoms with van der Waals surface area (Å²) in [6.07, 6.45) is -1.01. The number of aliphatic hydroxyl groups is 1. The van der Waals surface area contributed by atoms with E-state index in [1.54, 1.807) is 18.7 Å². The Hall–Kier alpha value is -2.06. The normalized spacial score (nSPS) is 23.1. The lowest BCUT2D eigenvalue weighted by Gasteiger charge is -2.14. The van der Waals surface area contributed by atoms with E-state index in [4.69, 9.17) is 0 Å². The van der Waals surface area contributed by atoms with Gasteiger partial charge in [0.2, 0.25) is 0 Å². The van der Waals surface area contributed by atoms with Crippen molar-refractivity contribution in [1.29, 1.82) is 0 Å². The Morgan fingerprint density at radius 1 is 1.22 bits per heavy atom. The number of sulfone groups is 1. The Kier molecular flexibility index (Phi) is 3.81. The Morgan fingerprint density at radius 3 is 2.43 bits per heavy atom. The van der Waals surface area contributed by atoms with E-state index in [-0.39, 0.29) is 17.1 Å². The summed E-state index contributed by atoms with van der Waals surface area (Å²) in [4.78, 5) is 12.7. The van der Waals surface area contributed by atoms with E-state index >= 15 is 0 Å². The van der Waals surface area contributed by atoms with Crippen molar-refractivity contribution in [3.8, 4) is 5.69 Å². The summed E-state index contributed by atoms with van der Waals surface area (Å²) in [5, 5.41) is 12.8. The van der Waals surface area contributed by atoms with Crippen LogP contribution >= 0.6 is 0 Å². The van der Waals surface area contributed by atoms with E-state index < -0.39 is 22.0 Å². The average Bonchev–Trinajstić information content (AvgIpc) is 2.87. The third kappa shape index (κ3) is 2.79. The maximum Gasteiger partial charge on any atom is 0.295 e. The number of aromatic nitrogens is 2. The minimum atomic E-state index is -3.27. The first-order valence-corrected chi connectivity index (χ1v) is 9.11. The summed E-state index contributed by atoms with van der Waals surface area (Å²) in [6, 6.07) is 8.51. The molecule has 0 spiro atoms. The summed E-state index contributed by atoms with van der Waals surface area (Å²) in [5.74, 6) is -0.448. The number of hydrogen-bond donors (Lipinski definition) is 2. The molecule has 7 nitrogen and oxygen atoms in total. The summed E-state index contributed by atoms with van der Waals surface area (Å²) in [7, 11) is -1.51. The summed E-state index contributed by atoms with van der Waals surface area (Å²) in [6.45, 7) is 1.78. The van der Waals surface area contributed by atoms with E-state index in [2.05, 4.69) is 5.32 Å². The highest BCUT2D eigenvalue weighted by atomic mass is 32.2. The lowest BCUT2D eigenvalue weighted by molar-refractivity contribution is 0.190. The molecule has 0 bridgehead atoms. The number of nitrogens with zero attached hydrogens (tertiary/aromatic N) is 2. The van der Waals surface area contributed by atoms with Crippen molar-refractivity contribution >= 4 is 15.5 Å². The number of para-hydroxylation sites is 1. The smallest absolute Gasteiger partial charge is 0.295 e. The van der Waals surface area contributed by atoms with Crippen LogP contribution in [0.1, 0.15) is 5.69 Å². The first-order valence-electron chi connectivity index (χ1n) is 7.29. The number of anilines is 1. The topological polar surface area (TPSA) is 93.3 Å². The molecule has 1 aromatic carbocycles. The molecule has 3 rings (SSSR count). The Labute approximate surface area is 134 Å². The van der Waals surface area contributed by atoms with Crippen LogP contribution in [0.25, 0.3) is 5.69 Å². The van der Waals surface area contributed by atoms with Gasteiger partial charge in [-0.1, -0.05) is 18.2 Å². The Morgan fingerprint density at radius 2 is 1.87 bits per heavy atom. The van der Waals surface area contributed by atoms with Crippen LogP contribution in [0.3, 0.4) is 0 Å². The molecule has 0 unspecified atom stereocenters. The molecule has 2 N–H and O–H groups in total. The number of aliphatic hydroxyl groups excluding tert-OH is 1. The van der Waals surface area contributed by atoms with Gasteiger partial charge in [0, 0.05) is 7.05 Å². The second kappa shape index (κ2) is 5.54. The predicted molar refractivity (Wildman–Crippen MR) is 87.8 cm³/mol. The minimum Gasteiger partial charge on any atom is -0.390 e. The van der Waals surface area contributed by atoms with Gasteiger partial charge in [-0.05, 0) is 19.1 Å². The molecule has 2 atom stereocenters. The second-order valence-electron chi connectivity index (χ2n) is 5.83. The standard InChI is InChI=1S/C15H19N3O4S/c1-10-14(16-12-8-23(21,22)9-13(12)19)15(20)18(17(10)2)11-6-4-3-5-7-11/h3-7,12-13,16,19H,8-9H2,1-2H3/t12-,13-/m1/s1. The number of hydrogen-bond acceptors (Lipinski definition) is 5. The first-order chi connectivity index (χ1) is 10.8. The monoisotopic (exact) mass is 337 g/mol. The summed E-state index contributed by atoms with van der Waals surface area (Å²) >= 11 is 0. The van der Waals surface area contributed by atoms with Crippen LogP contribution in [0.2, 0.25) is 0 Å². The van der Waals surface area contributed by atoms with E-state index in [1.807, 2.05) is 30.3 Å². The Bertz CT molecular complexity index is 883. The van der Waals surface area contributed by atoms with Crippen LogP contribution in [-0.4, -0.2) is 46.5 Å². The second-order valence-corrected chi connectivity index (χ2v) is 7.99. The van der Waals surface area contributed by atoms with Crippen molar-refractivity contribution in [2.24, 2.45) is 7.05 Å². The van der Waals surface area contributed by atoms with Gasteiger partial charge >= 0.3 is 0 Å². The average molecular weight is 337 g/mol. The zero-order valence-electron chi connectivity index (χ0n) is 12.9. The van der Waals surface area contributed by atoms with Gasteiger partial charge < -0.3 is 10.4 Å². The SMILES string of the molecule is Cc1c(N[C@@H]2CS(=O)(=O)C[C@H]2O)c(=O)n(-c2ccccc2)n1C. The largest absolute Gasteiger partial charge is 0.390 e. The van der Waals surface area contributed by atoms with Crippen LogP contribution in [-0.2, 0) is 16.9 Å². The highest BCUT2D eigenvalue weighted by Crippen LogP contribution is 2.20. The molecule has 2 heterocycles. The van der Waals surface area contributed by atoms with Crippen molar-refractivity contribution in [1.82, 2.24) is 9.36 Å². The fourth-order valence-electron chi connectivity index (χ4n) is 2.89. The quantitative estimate of drug-likeness (QED) is 0.826. The van der Waals surface area contributed by atoms with Crippen LogP contribution < -0.4 is 10.9 Å². The minimum absolute atomic E-state index is 0.173. The van der Waals surface area contributed by atoms with Crippen LogP contribution in [0, 0.1) is 6.92 Å². The molecule has 1 saturated heterocycles. The molecule has 0 saturated carbocycles. The van der Waals surface area contributed by atoms with Crippen LogP contribution in [0.4, 0.5) is 5.69 Å². The number of rotatable bonds is 3.